The van der Waals surface area contributed by atoms with Crippen molar-refractivity contribution in [2.24, 2.45) is 0 Å². The monoisotopic (exact) mass is 348 g/mol. The van der Waals surface area contributed by atoms with Crippen LogP contribution in [0, 0.1) is 6.92 Å². The number of benzene rings is 2. The van der Waals surface area contributed by atoms with Crippen molar-refractivity contribution in [1.82, 2.24) is 9.55 Å². The summed E-state index contributed by atoms with van der Waals surface area (Å²) in [7, 11) is 0. The van der Waals surface area contributed by atoms with Crippen molar-refractivity contribution in [1.29, 1.82) is 0 Å². The molecule has 0 fully saturated rings. The molecular formula is C16H14BrClN2. The average Bonchev–Trinajstić information content (AvgIpc) is 2.78. The Morgan fingerprint density at radius 1 is 1.20 bits per heavy atom. The first-order valence-electron chi connectivity index (χ1n) is 6.46. The molecule has 1 atom stereocenters. The Morgan fingerprint density at radius 3 is 2.65 bits per heavy atom. The third-order valence-electron chi connectivity index (χ3n) is 3.29. The first-order valence-corrected chi connectivity index (χ1v) is 7.69. The molecule has 4 heteroatoms. The van der Waals surface area contributed by atoms with Crippen LogP contribution in [0.3, 0.4) is 0 Å². The smallest absolute Gasteiger partial charge is 0.132 e. The largest absolute Gasteiger partial charge is 0.294 e. The number of para-hydroxylation sites is 1. The van der Waals surface area contributed by atoms with Gasteiger partial charge in [0.05, 0.1) is 22.1 Å². The van der Waals surface area contributed by atoms with Gasteiger partial charge < -0.3 is 0 Å². The minimum absolute atomic E-state index is 0.158. The van der Waals surface area contributed by atoms with E-state index in [-0.39, 0.29) is 5.38 Å². The van der Waals surface area contributed by atoms with Crippen molar-refractivity contribution in [3.63, 3.8) is 0 Å². The Morgan fingerprint density at radius 2 is 1.95 bits per heavy atom. The van der Waals surface area contributed by atoms with E-state index < -0.39 is 0 Å². The summed E-state index contributed by atoms with van der Waals surface area (Å²) in [6.07, 6.45) is 0. The summed E-state index contributed by atoms with van der Waals surface area (Å²) in [5.41, 5.74) is 4.32. The first-order chi connectivity index (χ1) is 9.58. The van der Waals surface area contributed by atoms with Crippen molar-refractivity contribution >= 4 is 38.6 Å². The molecule has 0 aliphatic heterocycles. The van der Waals surface area contributed by atoms with Gasteiger partial charge in [0.25, 0.3) is 0 Å². The second kappa shape index (κ2) is 5.23. The Balaban J connectivity index is 2.40. The Hall–Kier alpha value is -1.32. The van der Waals surface area contributed by atoms with Crippen molar-refractivity contribution < 1.29 is 0 Å². The number of nitrogens with zero attached hydrogens (tertiary/aromatic N) is 2. The number of hydrogen-bond donors (Lipinski definition) is 0. The number of hydrogen-bond acceptors (Lipinski definition) is 1. The van der Waals surface area contributed by atoms with E-state index in [9.17, 15) is 0 Å². The molecule has 1 unspecified atom stereocenters. The topological polar surface area (TPSA) is 17.8 Å². The molecule has 0 radical (unpaired) electrons. The SMILES string of the molecule is Cc1ccc2nc(C(C)Cl)n(-c3ccccc3Br)c2c1. The summed E-state index contributed by atoms with van der Waals surface area (Å²) in [6.45, 7) is 4.03. The van der Waals surface area contributed by atoms with Crippen molar-refractivity contribution in [2.75, 3.05) is 0 Å². The molecule has 2 nitrogen and oxygen atoms in total. The normalized spacial score (nSPS) is 12.8. The number of rotatable bonds is 2. The summed E-state index contributed by atoms with van der Waals surface area (Å²) in [4.78, 5) is 4.68. The molecule has 0 spiro atoms. The molecule has 0 N–H and O–H groups in total. The van der Waals surface area contributed by atoms with Crippen LogP contribution in [0.4, 0.5) is 0 Å². The first kappa shape index (κ1) is 13.7. The molecule has 2 aromatic carbocycles. The van der Waals surface area contributed by atoms with E-state index in [2.05, 4.69) is 50.6 Å². The number of halogens is 2. The van der Waals surface area contributed by atoms with E-state index in [0.29, 0.717) is 0 Å². The van der Waals surface area contributed by atoms with Gasteiger partial charge in [-0.05, 0) is 59.6 Å². The summed E-state index contributed by atoms with van der Waals surface area (Å²) in [5, 5.41) is -0.158. The summed E-state index contributed by atoms with van der Waals surface area (Å²) >= 11 is 9.94. The zero-order chi connectivity index (χ0) is 14.3. The Kier molecular flexibility index (Phi) is 3.57. The highest BCUT2D eigenvalue weighted by Crippen LogP contribution is 2.31. The average molecular weight is 350 g/mol. The standard InChI is InChI=1S/C16H14BrClN2/c1-10-7-8-13-15(9-10)20(16(19-13)11(2)18)14-6-4-3-5-12(14)17/h3-9,11H,1-2H3. The van der Waals surface area contributed by atoms with Gasteiger partial charge in [0.15, 0.2) is 0 Å². The fourth-order valence-corrected chi connectivity index (χ4v) is 2.97. The maximum absolute atomic E-state index is 6.32. The van der Waals surface area contributed by atoms with Crippen LogP contribution in [-0.4, -0.2) is 9.55 Å². The fraction of sp³-hybridized carbons (Fsp3) is 0.188. The van der Waals surface area contributed by atoms with E-state index in [1.54, 1.807) is 0 Å². The molecule has 3 rings (SSSR count). The number of aryl methyl sites for hydroxylation is 1. The summed E-state index contributed by atoms with van der Waals surface area (Å²) in [6, 6.07) is 14.4. The highest BCUT2D eigenvalue weighted by Gasteiger charge is 2.17. The quantitative estimate of drug-likeness (QED) is 0.567. The lowest BCUT2D eigenvalue weighted by Crippen LogP contribution is -2.02. The lowest BCUT2D eigenvalue weighted by atomic mass is 10.2. The fourth-order valence-electron chi connectivity index (χ4n) is 2.36. The molecule has 20 heavy (non-hydrogen) atoms. The maximum atomic E-state index is 6.32. The molecule has 0 bridgehead atoms. The van der Waals surface area contributed by atoms with E-state index in [1.165, 1.54) is 5.56 Å². The highest BCUT2D eigenvalue weighted by molar-refractivity contribution is 9.10. The van der Waals surface area contributed by atoms with E-state index in [1.807, 2.05) is 31.2 Å². The van der Waals surface area contributed by atoms with Crippen LogP contribution in [0.1, 0.15) is 23.7 Å². The third-order valence-corrected chi connectivity index (χ3v) is 4.15. The molecule has 0 saturated heterocycles. The molecule has 1 aromatic heterocycles. The van der Waals surface area contributed by atoms with Crippen molar-refractivity contribution in [2.45, 2.75) is 19.2 Å². The van der Waals surface area contributed by atoms with Crippen LogP contribution in [0.5, 0.6) is 0 Å². The summed E-state index contributed by atoms with van der Waals surface area (Å²) < 4.78 is 3.16. The molecular weight excluding hydrogens is 336 g/mol. The lowest BCUT2D eigenvalue weighted by Gasteiger charge is -2.12. The van der Waals surface area contributed by atoms with Gasteiger partial charge in [0.2, 0.25) is 0 Å². The molecule has 0 aliphatic carbocycles. The van der Waals surface area contributed by atoms with Gasteiger partial charge in [-0.2, -0.15) is 0 Å². The second-order valence-corrected chi connectivity index (χ2v) is 6.37. The lowest BCUT2D eigenvalue weighted by molar-refractivity contribution is 0.880. The van der Waals surface area contributed by atoms with Gasteiger partial charge in [-0.15, -0.1) is 11.6 Å². The van der Waals surface area contributed by atoms with Gasteiger partial charge >= 0.3 is 0 Å². The second-order valence-electron chi connectivity index (χ2n) is 4.86. The van der Waals surface area contributed by atoms with E-state index in [0.717, 1.165) is 27.0 Å². The van der Waals surface area contributed by atoms with Crippen LogP contribution in [0.2, 0.25) is 0 Å². The summed E-state index contributed by atoms with van der Waals surface area (Å²) in [5.74, 6) is 0.860. The van der Waals surface area contributed by atoms with E-state index in [4.69, 9.17) is 11.6 Å². The van der Waals surface area contributed by atoms with Gasteiger partial charge in [-0.1, -0.05) is 18.2 Å². The predicted molar refractivity (Wildman–Crippen MR) is 87.8 cm³/mol. The van der Waals surface area contributed by atoms with Crippen LogP contribution in [0.15, 0.2) is 46.9 Å². The third kappa shape index (κ3) is 2.25. The minimum Gasteiger partial charge on any atom is -0.294 e. The number of imidazole rings is 1. The van der Waals surface area contributed by atoms with Crippen molar-refractivity contribution in [3.05, 3.63) is 58.3 Å². The van der Waals surface area contributed by atoms with Crippen LogP contribution in [-0.2, 0) is 0 Å². The molecule has 0 amide bonds. The molecule has 1 heterocycles. The number of fused-ring (bicyclic) bond motifs is 1. The van der Waals surface area contributed by atoms with Gasteiger partial charge in [-0.25, -0.2) is 4.98 Å². The van der Waals surface area contributed by atoms with Crippen LogP contribution in [0.25, 0.3) is 16.7 Å². The van der Waals surface area contributed by atoms with Gasteiger partial charge in [0.1, 0.15) is 5.82 Å². The van der Waals surface area contributed by atoms with Crippen LogP contribution < -0.4 is 0 Å². The van der Waals surface area contributed by atoms with Crippen LogP contribution >= 0.6 is 27.5 Å². The minimum atomic E-state index is -0.158. The molecule has 0 saturated carbocycles. The van der Waals surface area contributed by atoms with Gasteiger partial charge in [-0.3, -0.25) is 4.57 Å². The molecule has 102 valence electrons. The number of alkyl halides is 1. The van der Waals surface area contributed by atoms with Crippen molar-refractivity contribution in [3.8, 4) is 5.69 Å². The highest BCUT2D eigenvalue weighted by atomic mass is 79.9. The Bertz CT molecular complexity index is 777. The number of aromatic nitrogens is 2. The zero-order valence-electron chi connectivity index (χ0n) is 11.3. The maximum Gasteiger partial charge on any atom is 0.132 e. The van der Waals surface area contributed by atoms with E-state index >= 15 is 0 Å². The predicted octanol–water partition coefficient (Wildman–Crippen LogP) is 5.40. The molecule has 0 aliphatic rings. The zero-order valence-corrected chi connectivity index (χ0v) is 13.6. The molecule has 3 aromatic rings. The Labute approximate surface area is 131 Å². The van der Waals surface area contributed by atoms with Gasteiger partial charge in [0, 0.05) is 4.47 Å².